The summed E-state index contributed by atoms with van der Waals surface area (Å²) in [7, 11) is 1.54. The summed E-state index contributed by atoms with van der Waals surface area (Å²) in [5.41, 5.74) is 3.90. The first-order valence-corrected chi connectivity index (χ1v) is 12.5. The first-order chi connectivity index (χ1) is 15.7. The molecule has 0 aliphatic carbocycles. The van der Waals surface area contributed by atoms with Gasteiger partial charge in [-0.25, -0.2) is 14.2 Å². The molecule has 2 aliphatic rings. The zero-order valence-electron chi connectivity index (χ0n) is 18.4. The van der Waals surface area contributed by atoms with Gasteiger partial charge >= 0.3 is 0 Å². The number of pyridine rings is 1. The highest BCUT2D eigenvalue weighted by Crippen LogP contribution is 2.42. The van der Waals surface area contributed by atoms with E-state index >= 15 is 0 Å². The Kier molecular flexibility index (Phi) is 7.07. The lowest BCUT2D eigenvalue weighted by atomic mass is 9.85. The van der Waals surface area contributed by atoms with Gasteiger partial charge in [-0.05, 0) is 62.5 Å². The predicted octanol–water partition coefficient (Wildman–Crippen LogP) is 6.11. The number of nitrogens with one attached hydrogen (secondary N) is 1. The molecule has 3 heterocycles. The van der Waals surface area contributed by atoms with Crippen LogP contribution in [0.2, 0.25) is 5.02 Å². The molecular formula is C25H29ClN3O2S+. The molecule has 2 aliphatic heterocycles. The quantitative estimate of drug-likeness (QED) is 0.159. The van der Waals surface area contributed by atoms with Gasteiger partial charge in [-0.1, -0.05) is 0 Å². The van der Waals surface area contributed by atoms with Gasteiger partial charge in [0.05, 0.1) is 23.4 Å². The second-order valence-electron chi connectivity index (χ2n) is 8.68. The molecule has 168 valence electrons. The lowest BCUT2D eigenvalue weighted by molar-refractivity contribution is -0.163. The van der Waals surface area contributed by atoms with E-state index < -0.39 is 0 Å². The van der Waals surface area contributed by atoms with Crippen molar-refractivity contribution in [2.45, 2.75) is 37.5 Å². The van der Waals surface area contributed by atoms with Gasteiger partial charge in [0, 0.05) is 66.3 Å². The summed E-state index contributed by atoms with van der Waals surface area (Å²) >= 11 is 7.84. The first kappa shape index (κ1) is 22.3. The smallest absolute Gasteiger partial charge is 0.121 e. The third-order valence-corrected chi connectivity index (χ3v) is 7.84. The van der Waals surface area contributed by atoms with Crippen LogP contribution in [-0.2, 0) is 9.22 Å². The van der Waals surface area contributed by atoms with E-state index in [-0.39, 0.29) is 0 Å². The lowest BCUT2D eigenvalue weighted by Gasteiger charge is -2.29. The van der Waals surface area contributed by atoms with Gasteiger partial charge in [-0.15, -0.1) is 4.33 Å². The number of benzene rings is 1. The Bertz CT molecular complexity index is 1110. The molecule has 5 nitrogen and oxygen atoms in total. The average Bonchev–Trinajstić information content (AvgIpc) is 2.98. The first-order valence-electron chi connectivity index (χ1n) is 11.4. The molecule has 0 radical (unpaired) electrons. The highest BCUT2D eigenvalue weighted by molar-refractivity contribution is 7.92. The second kappa shape index (κ2) is 10.2. The number of fused-ring (bicyclic) bond motifs is 2. The van der Waals surface area contributed by atoms with E-state index in [4.69, 9.17) is 25.8 Å². The topological polar surface area (TPSA) is 46.6 Å². The zero-order chi connectivity index (χ0) is 21.9. The van der Waals surface area contributed by atoms with Gasteiger partial charge in [-0.3, -0.25) is 0 Å². The van der Waals surface area contributed by atoms with Crippen molar-refractivity contribution >= 4 is 45.5 Å². The molecular weight excluding hydrogens is 442 g/mol. The Morgan fingerprint density at radius 2 is 1.94 bits per heavy atom. The van der Waals surface area contributed by atoms with Crippen molar-refractivity contribution < 1.29 is 9.22 Å². The van der Waals surface area contributed by atoms with Gasteiger partial charge in [0.1, 0.15) is 22.8 Å². The fourth-order valence-electron chi connectivity index (χ4n) is 5.30. The third-order valence-electron chi connectivity index (χ3n) is 6.83. The molecule has 2 aromatic carbocycles. The van der Waals surface area contributed by atoms with Crippen LogP contribution in [0.1, 0.15) is 48.6 Å². The molecule has 0 spiro atoms. The third kappa shape index (κ3) is 4.58. The number of halogens is 1. The maximum Gasteiger partial charge on any atom is 0.121 e. The molecule has 0 saturated carbocycles. The van der Waals surface area contributed by atoms with Crippen molar-refractivity contribution in [3.8, 4) is 0 Å². The van der Waals surface area contributed by atoms with E-state index in [1.54, 1.807) is 7.11 Å². The van der Waals surface area contributed by atoms with E-state index in [0.717, 1.165) is 62.4 Å². The Balaban J connectivity index is 1.67. The van der Waals surface area contributed by atoms with E-state index in [9.17, 15) is 0 Å². The SMILES string of the molecule is COOSN1CCC(c2c3ncccc3cc(C3CCNCC3)[c+]3cc(Cl)ccc23)CC1. The summed E-state index contributed by atoms with van der Waals surface area (Å²) in [5.74, 6) is 0.967. The summed E-state index contributed by atoms with van der Waals surface area (Å²) < 4.78 is 7.30. The van der Waals surface area contributed by atoms with Gasteiger partial charge in [0.25, 0.3) is 0 Å². The molecule has 5 rings (SSSR count). The molecule has 1 aromatic heterocycles. The Morgan fingerprint density at radius 3 is 2.72 bits per heavy atom. The maximum atomic E-state index is 6.55. The Morgan fingerprint density at radius 1 is 1.12 bits per heavy atom. The number of rotatable bonds is 5. The number of hydrogen-bond acceptors (Lipinski definition) is 6. The Hall–Kier alpha value is -1.54. The highest BCUT2D eigenvalue weighted by atomic mass is 35.5. The molecule has 32 heavy (non-hydrogen) atoms. The van der Waals surface area contributed by atoms with Crippen molar-refractivity contribution in [2.24, 2.45) is 0 Å². The molecule has 0 unspecified atom stereocenters. The van der Waals surface area contributed by atoms with Crippen LogP contribution in [0.15, 0.2) is 42.6 Å². The van der Waals surface area contributed by atoms with E-state index in [2.05, 4.69) is 40.0 Å². The van der Waals surface area contributed by atoms with Gasteiger partial charge in [0.2, 0.25) is 0 Å². The van der Waals surface area contributed by atoms with Crippen LogP contribution in [0, 0.1) is 0 Å². The number of aromatic nitrogens is 1. The van der Waals surface area contributed by atoms with Crippen molar-refractivity contribution in [1.82, 2.24) is 14.6 Å². The van der Waals surface area contributed by atoms with Crippen LogP contribution in [0.3, 0.4) is 0 Å². The van der Waals surface area contributed by atoms with Crippen molar-refractivity contribution in [3.05, 3.63) is 58.7 Å². The van der Waals surface area contributed by atoms with Crippen LogP contribution >= 0.6 is 23.8 Å². The van der Waals surface area contributed by atoms with E-state index in [1.807, 2.05) is 12.3 Å². The number of nitrogens with zero attached hydrogens (tertiary/aromatic N) is 2. The summed E-state index contributed by atoms with van der Waals surface area (Å²) in [4.78, 5) is 9.68. The monoisotopic (exact) mass is 470 g/mol. The number of hydrogen-bond donors (Lipinski definition) is 1. The van der Waals surface area contributed by atoms with Crippen LogP contribution in [-0.4, -0.2) is 42.6 Å². The van der Waals surface area contributed by atoms with Gasteiger partial charge in [-0.2, -0.15) is 0 Å². The van der Waals surface area contributed by atoms with Crippen molar-refractivity contribution in [2.75, 3.05) is 33.3 Å². The summed E-state index contributed by atoms with van der Waals surface area (Å²) in [5, 5.41) is 8.12. The summed E-state index contributed by atoms with van der Waals surface area (Å²) in [6, 6.07) is 13.1. The second-order valence-corrected chi connectivity index (χ2v) is 9.92. The zero-order valence-corrected chi connectivity index (χ0v) is 19.9. The molecule has 2 saturated heterocycles. The molecule has 1 N–H and O–H groups in total. The number of piperidine rings is 2. The molecule has 2 fully saturated rings. The Labute approximate surface area is 198 Å². The predicted molar refractivity (Wildman–Crippen MR) is 133 cm³/mol. The van der Waals surface area contributed by atoms with Crippen LogP contribution in [0.5, 0.6) is 0 Å². The average molecular weight is 471 g/mol. The van der Waals surface area contributed by atoms with Crippen molar-refractivity contribution in [3.63, 3.8) is 0 Å². The van der Waals surface area contributed by atoms with E-state index in [0.29, 0.717) is 11.8 Å². The summed E-state index contributed by atoms with van der Waals surface area (Å²) in [6.07, 6.45) is 6.33. The molecule has 3 aromatic rings. The molecule has 0 amide bonds. The highest BCUT2D eigenvalue weighted by Gasteiger charge is 2.30. The van der Waals surface area contributed by atoms with Crippen LogP contribution in [0.25, 0.3) is 21.7 Å². The molecule has 7 heteroatoms. The minimum absolute atomic E-state index is 0.434. The minimum atomic E-state index is 0.434. The standard InChI is InChI=1S/C25H29ClN3O2S/c1-30-31-32-29-13-8-18(9-14-29)24-21-5-4-20(26)16-23(21)22(17-6-11-27-12-7-17)15-19-3-2-10-28-25(19)24/h2-5,10,15-18,27H,6-9,11-14H2,1H3/q+1. The van der Waals surface area contributed by atoms with Gasteiger partial charge in [0.15, 0.2) is 0 Å². The molecule has 0 atom stereocenters. The van der Waals surface area contributed by atoms with Crippen molar-refractivity contribution in [1.29, 1.82) is 0 Å². The normalized spacial score (nSPS) is 19.1. The fourth-order valence-corrected chi connectivity index (χ4v) is 5.98. The maximum absolute atomic E-state index is 6.55. The lowest BCUT2D eigenvalue weighted by Crippen LogP contribution is -2.28. The van der Waals surface area contributed by atoms with Crippen LogP contribution < -0.4 is 5.32 Å². The molecule has 0 bridgehead atoms. The van der Waals surface area contributed by atoms with Gasteiger partial charge < -0.3 is 5.32 Å². The largest absolute Gasteiger partial charge is 0.317 e. The van der Waals surface area contributed by atoms with E-state index in [1.165, 1.54) is 39.5 Å². The summed E-state index contributed by atoms with van der Waals surface area (Å²) in [6.45, 7) is 4.02. The minimum Gasteiger partial charge on any atom is -0.317 e. The van der Waals surface area contributed by atoms with Crippen LogP contribution in [0.4, 0.5) is 0 Å². The fraction of sp³-hybridized carbons (Fsp3) is 0.440.